The van der Waals surface area contributed by atoms with E-state index >= 15 is 0 Å². The first-order chi connectivity index (χ1) is 9.17. The van der Waals surface area contributed by atoms with Crippen LogP contribution in [0.1, 0.15) is 34.0 Å². The SMILES string of the molecule is CCCNC(c1sc(C)cc1Br)c1sccc1OC. The minimum absolute atomic E-state index is 0.211. The molecule has 0 aliphatic carbocycles. The molecule has 0 fully saturated rings. The van der Waals surface area contributed by atoms with E-state index in [9.17, 15) is 0 Å². The van der Waals surface area contributed by atoms with Crippen molar-refractivity contribution in [2.24, 2.45) is 0 Å². The molecule has 0 amide bonds. The monoisotopic (exact) mass is 359 g/mol. The van der Waals surface area contributed by atoms with Gasteiger partial charge in [-0.25, -0.2) is 0 Å². The zero-order valence-electron chi connectivity index (χ0n) is 11.3. The molecule has 0 aromatic carbocycles. The number of hydrogen-bond donors (Lipinski definition) is 1. The fourth-order valence-electron chi connectivity index (χ4n) is 1.98. The third-order valence-corrected chi connectivity index (χ3v) is 5.83. The molecule has 19 heavy (non-hydrogen) atoms. The minimum atomic E-state index is 0.211. The molecule has 0 aliphatic heterocycles. The Morgan fingerprint density at radius 3 is 2.79 bits per heavy atom. The van der Waals surface area contributed by atoms with Gasteiger partial charge in [-0.15, -0.1) is 22.7 Å². The highest BCUT2D eigenvalue weighted by molar-refractivity contribution is 9.10. The quantitative estimate of drug-likeness (QED) is 0.785. The zero-order chi connectivity index (χ0) is 13.8. The maximum absolute atomic E-state index is 5.47. The number of thiophene rings is 2. The topological polar surface area (TPSA) is 21.3 Å². The second kappa shape index (κ2) is 6.88. The molecular weight excluding hydrogens is 342 g/mol. The molecule has 1 atom stereocenters. The molecule has 1 N–H and O–H groups in total. The van der Waals surface area contributed by atoms with E-state index in [2.05, 4.69) is 46.5 Å². The number of aryl methyl sites for hydroxylation is 1. The Hall–Kier alpha value is -0.360. The van der Waals surface area contributed by atoms with Crippen LogP contribution in [0.5, 0.6) is 5.75 Å². The molecule has 2 rings (SSSR count). The highest BCUT2D eigenvalue weighted by atomic mass is 79.9. The molecule has 0 aliphatic rings. The number of rotatable bonds is 6. The van der Waals surface area contributed by atoms with E-state index < -0.39 is 0 Å². The predicted molar refractivity (Wildman–Crippen MR) is 87.8 cm³/mol. The van der Waals surface area contributed by atoms with Gasteiger partial charge in [-0.2, -0.15) is 0 Å². The zero-order valence-corrected chi connectivity index (χ0v) is 14.5. The van der Waals surface area contributed by atoms with Gasteiger partial charge in [0.15, 0.2) is 0 Å². The van der Waals surface area contributed by atoms with E-state index in [-0.39, 0.29) is 6.04 Å². The van der Waals surface area contributed by atoms with Gasteiger partial charge in [0.05, 0.1) is 18.0 Å². The number of hydrogen-bond acceptors (Lipinski definition) is 4. The van der Waals surface area contributed by atoms with Crippen molar-refractivity contribution in [3.8, 4) is 5.75 Å². The van der Waals surface area contributed by atoms with E-state index in [1.165, 1.54) is 19.1 Å². The van der Waals surface area contributed by atoms with Crippen LogP contribution in [0.2, 0.25) is 0 Å². The van der Waals surface area contributed by atoms with Gasteiger partial charge >= 0.3 is 0 Å². The van der Waals surface area contributed by atoms with Gasteiger partial charge in [0.2, 0.25) is 0 Å². The highest BCUT2D eigenvalue weighted by Crippen LogP contribution is 2.41. The minimum Gasteiger partial charge on any atom is -0.496 e. The third kappa shape index (κ3) is 3.40. The van der Waals surface area contributed by atoms with E-state index in [0.717, 1.165) is 18.7 Å². The predicted octanol–water partition coefficient (Wildman–Crippen LogP) is 4.98. The Morgan fingerprint density at radius 2 is 2.21 bits per heavy atom. The first-order valence-corrected chi connectivity index (χ1v) is 8.76. The van der Waals surface area contributed by atoms with Crippen molar-refractivity contribution in [3.63, 3.8) is 0 Å². The number of methoxy groups -OCH3 is 1. The van der Waals surface area contributed by atoms with Crippen molar-refractivity contribution in [2.75, 3.05) is 13.7 Å². The molecule has 0 spiro atoms. The summed E-state index contributed by atoms with van der Waals surface area (Å²) in [6.45, 7) is 5.32. The second-order valence-electron chi connectivity index (χ2n) is 4.31. The summed E-state index contributed by atoms with van der Waals surface area (Å²) < 4.78 is 6.65. The second-order valence-corrected chi connectivity index (χ2v) is 7.40. The van der Waals surface area contributed by atoms with Crippen LogP contribution in [-0.4, -0.2) is 13.7 Å². The number of nitrogens with one attached hydrogen (secondary N) is 1. The molecule has 2 nitrogen and oxygen atoms in total. The van der Waals surface area contributed by atoms with E-state index in [4.69, 9.17) is 4.74 Å². The smallest absolute Gasteiger partial charge is 0.134 e. The Kier molecular flexibility index (Phi) is 5.45. The van der Waals surface area contributed by atoms with Crippen LogP contribution in [-0.2, 0) is 0 Å². The van der Waals surface area contributed by atoms with Gasteiger partial charge in [0.1, 0.15) is 5.75 Å². The number of halogens is 1. The summed E-state index contributed by atoms with van der Waals surface area (Å²) in [6.07, 6.45) is 1.12. The average Bonchev–Trinajstić information content (AvgIpc) is 2.97. The van der Waals surface area contributed by atoms with Gasteiger partial charge in [-0.1, -0.05) is 6.92 Å². The van der Waals surface area contributed by atoms with Gasteiger partial charge in [0.25, 0.3) is 0 Å². The van der Waals surface area contributed by atoms with Crippen LogP contribution in [0.25, 0.3) is 0 Å². The Balaban J connectivity index is 2.38. The molecule has 0 saturated carbocycles. The van der Waals surface area contributed by atoms with Crippen LogP contribution >= 0.6 is 38.6 Å². The molecule has 2 heterocycles. The third-order valence-electron chi connectivity index (χ3n) is 2.84. The molecule has 5 heteroatoms. The fourth-order valence-corrected chi connectivity index (χ4v) is 4.96. The summed E-state index contributed by atoms with van der Waals surface area (Å²) in [5.74, 6) is 0.969. The standard InChI is InChI=1S/C14H18BrNOS2/c1-4-6-16-12(13-10(15)8-9(2)19-13)14-11(17-3)5-7-18-14/h5,7-8,12,16H,4,6H2,1-3H3. The van der Waals surface area contributed by atoms with Crippen LogP contribution in [0.4, 0.5) is 0 Å². The summed E-state index contributed by atoms with van der Waals surface area (Å²) in [7, 11) is 1.73. The maximum Gasteiger partial charge on any atom is 0.134 e. The van der Waals surface area contributed by atoms with Gasteiger partial charge in [-0.3, -0.25) is 0 Å². The lowest BCUT2D eigenvalue weighted by Crippen LogP contribution is -2.22. The molecule has 1 unspecified atom stereocenters. The van der Waals surface area contributed by atoms with Gasteiger partial charge < -0.3 is 10.1 Å². The summed E-state index contributed by atoms with van der Waals surface area (Å²) >= 11 is 7.25. The van der Waals surface area contributed by atoms with Crippen molar-refractivity contribution in [1.82, 2.24) is 5.32 Å². The van der Waals surface area contributed by atoms with E-state index in [1.54, 1.807) is 18.4 Å². The van der Waals surface area contributed by atoms with Crippen molar-refractivity contribution >= 4 is 38.6 Å². The van der Waals surface area contributed by atoms with Crippen LogP contribution in [0, 0.1) is 6.92 Å². The van der Waals surface area contributed by atoms with Crippen LogP contribution < -0.4 is 10.1 Å². The Morgan fingerprint density at radius 1 is 1.42 bits per heavy atom. The molecule has 0 bridgehead atoms. The fraction of sp³-hybridized carbons (Fsp3) is 0.429. The molecule has 2 aromatic rings. The van der Waals surface area contributed by atoms with E-state index in [1.807, 2.05) is 17.4 Å². The van der Waals surface area contributed by atoms with Crippen molar-refractivity contribution in [3.05, 3.63) is 36.6 Å². The largest absolute Gasteiger partial charge is 0.496 e. The molecular formula is C14H18BrNOS2. The molecule has 2 aromatic heterocycles. The van der Waals surface area contributed by atoms with E-state index in [0.29, 0.717) is 0 Å². The van der Waals surface area contributed by atoms with Gasteiger partial charge in [0, 0.05) is 14.2 Å². The first kappa shape index (κ1) is 15.0. The molecule has 104 valence electrons. The molecule has 0 saturated heterocycles. The van der Waals surface area contributed by atoms with Crippen molar-refractivity contribution < 1.29 is 4.74 Å². The summed E-state index contributed by atoms with van der Waals surface area (Å²) in [5, 5.41) is 5.71. The first-order valence-electron chi connectivity index (χ1n) is 6.28. The maximum atomic E-state index is 5.47. The highest BCUT2D eigenvalue weighted by Gasteiger charge is 2.23. The van der Waals surface area contributed by atoms with Crippen molar-refractivity contribution in [2.45, 2.75) is 26.3 Å². The Bertz CT molecular complexity index is 535. The lowest BCUT2D eigenvalue weighted by molar-refractivity contribution is 0.407. The number of ether oxygens (including phenoxy) is 1. The van der Waals surface area contributed by atoms with Gasteiger partial charge in [-0.05, 0) is 53.3 Å². The lowest BCUT2D eigenvalue weighted by atomic mass is 10.2. The lowest BCUT2D eigenvalue weighted by Gasteiger charge is -2.18. The summed E-state index contributed by atoms with van der Waals surface area (Å²) in [6, 6.07) is 4.43. The van der Waals surface area contributed by atoms with Crippen LogP contribution in [0.3, 0.4) is 0 Å². The summed E-state index contributed by atoms with van der Waals surface area (Å²) in [4.78, 5) is 3.89. The molecule has 0 radical (unpaired) electrons. The van der Waals surface area contributed by atoms with Crippen molar-refractivity contribution in [1.29, 1.82) is 0 Å². The Labute approximate surface area is 130 Å². The summed E-state index contributed by atoms with van der Waals surface area (Å²) in [5.41, 5.74) is 0. The average molecular weight is 360 g/mol. The normalized spacial score (nSPS) is 12.6. The van der Waals surface area contributed by atoms with Crippen LogP contribution in [0.15, 0.2) is 22.0 Å².